The molecular formula is C22H21N3O3. The van der Waals surface area contributed by atoms with Crippen molar-refractivity contribution in [3.8, 4) is 11.4 Å². The minimum atomic E-state index is -0.516. The van der Waals surface area contributed by atoms with E-state index in [4.69, 9.17) is 4.74 Å². The fourth-order valence-electron chi connectivity index (χ4n) is 3.39. The number of hydrogen-bond donors (Lipinski definition) is 1. The molecule has 2 aromatic carbocycles. The zero-order valence-corrected chi connectivity index (χ0v) is 16.0. The van der Waals surface area contributed by atoms with Crippen LogP contribution in [-0.2, 0) is 0 Å². The smallest absolute Gasteiger partial charge is 0.259 e. The van der Waals surface area contributed by atoms with Gasteiger partial charge in [-0.1, -0.05) is 18.2 Å². The van der Waals surface area contributed by atoms with Gasteiger partial charge in [-0.2, -0.15) is 5.10 Å². The molecule has 1 aliphatic rings. The van der Waals surface area contributed by atoms with Crippen molar-refractivity contribution in [3.63, 3.8) is 0 Å². The first-order valence-electron chi connectivity index (χ1n) is 9.12. The minimum Gasteiger partial charge on any atom is -0.487 e. The highest BCUT2D eigenvalue weighted by atomic mass is 16.5. The van der Waals surface area contributed by atoms with Gasteiger partial charge in [0.15, 0.2) is 5.78 Å². The van der Waals surface area contributed by atoms with E-state index in [0.29, 0.717) is 29.0 Å². The molecule has 0 saturated carbocycles. The number of benzene rings is 2. The lowest BCUT2D eigenvalue weighted by molar-refractivity contribution is 0.0620. The first-order valence-corrected chi connectivity index (χ1v) is 9.12. The average molecular weight is 375 g/mol. The van der Waals surface area contributed by atoms with Crippen LogP contribution in [-0.4, -0.2) is 27.1 Å². The third-order valence-electron chi connectivity index (χ3n) is 4.77. The fourth-order valence-corrected chi connectivity index (χ4v) is 3.39. The molecule has 28 heavy (non-hydrogen) atoms. The van der Waals surface area contributed by atoms with E-state index in [0.717, 1.165) is 11.4 Å². The SMILES string of the molecule is Cc1c(C(=O)Nc2ccc3c(c2)C(=O)CC(C)(C)O3)cnn1-c1ccccc1. The van der Waals surface area contributed by atoms with Crippen molar-refractivity contribution >= 4 is 17.4 Å². The maximum Gasteiger partial charge on any atom is 0.259 e. The van der Waals surface area contributed by atoms with E-state index in [9.17, 15) is 9.59 Å². The molecule has 142 valence electrons. The molecule has 6 nitrogen and oxygen atoms in total. The number of amides is 1. The molecule has 0 radical (unpaired) electrons. The molecule has 1 amide bonds. The third-order valence-corrected chi connectivity index (χ3v) is 4.77. The molecule has 1 aromatic heterocycles. The second kappa shape index (κ2) is 6.64. The van der Waals surface area contributed by atoms with E-state index in [2.05, 4.69) is 10.4 Å². The number of rotatable bonds is 3. The van der Waals surface area contributed by atoms with Gasteiger partial charge in [0.25, 0.3) is 5.91 Å². The van der Waals surface area contributed by atoms with Crippen molar-refractivity contribution in [2.24, 2.45) is 0 Å². The molecule has 0 unspecified atom stereocenters. The lowest BCUT2D eigenvalue weighted by Gasteiger charge is -2.31. The van der Waals surface area contributed by atoms with E-state index in [1.807, 2.05) is 51.1 Å². The van der Waals surface area contributed by atoms with Crippen LogP contribution in [0.3, 0.4) is 0 Å². The van der Waals surface area contributed by atoms with Gasteiger partial charge in [0, 0.05) is 5.69 Å². The lowest BCUT2D eigenvalue weighted by Crippen LogP contribution is -2.35. The van der Waals surface area contributed by atoms with Crippen LogP contribution in [0.2, 0.25) is 0 Å². The summed E-state index contributed by atoms with van der Waals surface area (Å²) in [5.74, 6) is 0.284. The Morgan fingerprint density at radius 1 is 1.18 bits per heavy atom. The molecule has 4 rings (SSSR count). The van der Waals surface area contributed by atoms with E-state index in [1.54, 1.807) is 29.1 Å². The van der Waals surface area contributed by atoms with Gasteiger partial charge in [-0.25, -0.2) is 4.68 Å². The zero-order valence-electron chi connectivity index (χ0n) is 16.0. The van der Waals surface area contributed by atoms with Crippen LogP contribution in [0, 0.1) is 6.92 Å². The van der Waals surface area contributed by atoms with Crippen molar-refractivity contribution in [1.82, 2.24) is 9.78 Å². The molecule has 1 N–H and O–H groups in total. The summed E-state index contributed by atoms with van der Waals surface area (Å²) in [4.78, 5) is 25.2. The summed E-state index contributed by atoms with van der Waals surface area (Å²) in [5, 5.41) is 7.18. The first kappa shape index (κ1) is 18.0. The molecule has 3 aromatic rings. The van der Waals surface area contributed by atoms with Gasteiger partial charge in [-0.05, 0) is 51.1 Å². The Labute approximate surface area is 163 Å². The fraction of sp³-hybridized carbons (Fsp3) is 0.227. The van der Waals surface area contributed by atoms with Crippen LogP contribution in [0.5, 0.6) is 5.75 Å². The summed E-state index contributed by atoms with van der Waals surface area (Å²) in [6, 6.07) is 14.8. The second-order valence-corrected chi connectivity index (χ2v) is 7.52. The summed E-state index contributed by atoms with van der Waals surface area (Å²) < 4.78 is 7.58. The summed E-state index contributed by atoms with van der Waals surface area (Å²) in [7, 11) is 0. The molecule has 0 bridgehead atoms. The van der Waals surface area contributed by atoms with Crippen LogP contribution < -0.4 is 10.1 Å². The normalized spacial score (nSPS) is 14.9. The van der Waals surface area contributed by atoms with Crippen molar-refractivity contribution in [3.05, 3.63) is 71.5 Å². The Morgan fingerprint density at radius 2 is 1.93 bits per heavy atom. The monoisotopic (exact) mass is 375 g/mol. The molecule has 0 fully saturated rings. The molecular weight excluding hydrogens is 354 g/mol. The van der Waals surface area contributed by atoms with Crippen molar-refractivity contribution in [1.29, 1.82) is 0 Å². The summed E-state index contributed by atoms with van der Waals surface area (Å²) in [5.41, 5.74) is 2.63. The second-order valence-electron chi connectivity index (χ2n) is 7.52. The Morgan fingerprint density at radius 3 is 2.68 bits per heavy atom. The van der Waals surface area contributed by atoms with Gasteiger partial charge in [-0.15, -0.1) is 0 Å². The van der Waals surface area contributed by atoms with Gasteiger partial charge < -0.3 is 10.1 Å². The number of carbonyl (C=O) groups excluding carboxylic acids is 2. The predicted molar refractivity (Wildman–Crippen MR) is 106 cm³/mol. The van der Waals surface area contributed by atoms with Gasteiger partial charge in [0.1, 0.15) is 11.4 Å². The average Bonchev–Trinajstić information content (AvgIpc) is 3.04. The Balaban J connectivity index is 1.58. The molecule has 1 aliphatic heterocycles. The Kier molecular flexibility index (Phi) is 4.26. The third kappa shape index (κ3) is 3.29. The van der Waals surface area contributed by atoms with Crippen LogP contribution in [0.1, 0.15) is 46.7 Å². The number of para-hydroxylation sites is 1. The number of ether oxygens (including phenoxy) is 1. The van der Waals surface area contributed by atoms with Crippen LogP contribution in [0.15, 0.2) is 54.7 Å². The number of Topliss-reactive ketones (excluding diaryl/α,β-unsaturated/α-hetero) is 1. The molecule has 0 saturated heterocycles. The highest BCUT2D eigenvalue weighted by Gasteiger charge is 2.32. The Bertz CT molecular complexity index is 1070. The highest BCUT2D eigenvalue weighted by Crippen LogP contribution is 2.34. The van der Waals surface area contributed by atoms with Gasteiger partial charge in [-0.3, -0.25) is 9.59 Å². The zero-order chi connectivity index (χ0) is 19.9. The van der Waals surface area contributed by atoms with E-state index in [1.165, 1.54) is 0 Å². The summed E-state index contributed by atoms with van der Waals surface area (Å²) in [6.07, 6.45) is 1.85. The summed E-state index contributed by atoms with van der Waals surface area (Å²) >= 11 is 0. The van der Waals surface area contributed by atoms with Gasteiger partial charge in [0.2, 0.25) is 0 Å². The maximum atomic E-state index is 12.8. The molecule has 0 spiro atoms. The number of carbonyl (C=O) groups is 2. The van der Waals surface area contributed by atoms with Crippen molar-refractivity contribution in [2.75, 3.05) is 5.32 Å². The van der Waals surface area contributed by atoms with Gasteiger partial charge in [0.05, 0.1) is 35.1 Å². The van der Waals surface area contributed by atoms with E-state index < -0.39 is 5.60 Å². The minimum absolute atomic E-state index is 0.00965. The van der Waals surface area contributed by atoms with E-state index in [-0.39, 0.29) is 11.7 Å². The van der Waals surface area contributed by atoms with E-state index >= 15 is 0 Å². The van der Waals surface area contributed by atoms with Crippen LogP contribution in [0.4, 0.5) is 5.69 Å². The Hall–Kier alpha value is -3.41. The number of nitrogens with one attached hydrogen (secondary N) is 1. The van der Waals surface area contributed by atoms with Gasteiger partial charge >= 0.3 is 0 Å². The maximum absolute atomic E-state index is 12.8. The summed E-state index contributed by atoms with van der Waals surface area (Å²) in [6.45, 7) is 5.62. The first-order chi connectivity index (χ1) is 13.3. The van der Waals surface area contributed by atoms with Crippen LogP contribution in [0.25, 0.3) is 5.69 Å². The van der Waals surface area contributed by atoms with Crippen LogP contribution >= 0.6 is 0 Å². The molecule has 6 heteroatoms. The van der Waals surface area contributed by atoms with Crippen molar-refractivity contribution < 1.29 is 14.3 Å². The topological polar surface area (TPSA) is 73.2 Å². The number of aromatic nitrogens is 2. The standard InChI is InChI=1S/C22H21N3O3/c1-14-18(13-23-25(14)16-7-5-4-6-8-16)21(27)24-15-9-10-20-17(11-15)19(26)12-22(2,3)28-20/h4-11,13H,12H2,1-3H3,(H,24,27). The lowest BCUT2D eigenvalue weighted by atomic mass is 9.93. The number of ketones is 1. The number of fused-ring (bicyclic) bond motifs is 1. The molecule has 0 atom stereocenters. The number of anilines is 1. The quantitative estimate of drug-likeness (QED) is 0.745. The number of nitrogens with zero attached hydrogens (tertiary/aromatic N) is 2. The molecule has 0 aliphatic carbocycles. The van der Waals surface area contributed by atoms with Crippen molar-refractivity contribution in [2.45, 2.75) is 32.8 Å². The largest absolute Gasteiger partial charge is 0.487 e. The predicted octanol–water partition coefficient (Wildman–Crippen LogP) is 4.18. The highest BCUT2D eigenvalue weighted by molar-refractivity contribution is 6.06. The molecule has 2 heterocycles. The number of hydrogen-bond acceptors (Lipinski definition) is 4.